The number of fused-ring (bicyclic) bond motifs is 1. The van der Waals surface area contributed by atoms with Gasteiger partial charge in [0.05, 0.1) is 21.7 Å². The number of para-hydroxylation sites is 4. The summed E-state index contributed by atoms with van der Waals surface area (Å²) in [4.78, 5) is 16.9. The molecule has 27 heavy (non-hydrogen) atoms. The number of aromatic nitrogens is 1. The van der Waals surface area contributed by atoms with Crippen molar-refractivity contribution in [2.24, 2.45) is 0 Å². The summed E-state index contributed by atoms with van der Waals surface area (Å²) in [5, 5.41) is 2.93. The van der Waals surface area contributed by atoms with E-state index >= 15 is 0 Å². The number of thiazole rings is 1. The lowest BCUT2D eigenvalue weighted by atomic mass is 10.3. The van der Waals surface area contributed by atoms with E-state index in [2.05, 4.69) is 10.3 Å². The number of thioether (sulfide) groups is 1. The van der Waals surface area contributed by atoms with Gasteiger partial charge in [-0.15, -0.1) is 11.3 Å². The summed E-state index contributed by atoms with van der Waals surface area (Å²) < 4.78 is 7.90. The quantitative estimate of drug-likeness (QED) is 0.420. The van der Waals surface area contributed by atoms with Gasteiger partial charge in [-0.25, -0.2) is 4.98 Å². The topological polar surface area (TPSA) is 51.2 Å². The van der Waals surface area contributed by atoms with E-state index in [1.54, 1.807) is 11.3 Å². The van der Waals surface area contributed by atoms with Crippen LogP contribution in [0.25, 0.3) is 10.2 Å². The van der Waals surface area contributed by atoms with Gasteiger partial charge in [-0.3, -0.25) is 4.79 Å². The Morgan fingerprint density at radius 2 is 1.70 bits per heavy atom. The van der Waals surface area contributed by atoms with E-state index in [1.807, 2.05) is 78.9 Å². The maximum atomic E-state index is 12.4. The van der Waals surface area contributed by atoms with Gasteiger partial charge in [-0.05, 0) is 36.4 Å². The van der Waals surface area contributed by atoms with Crippen molar-refractivity contribution >= 4 is 44.9 Å². The van der Waals surface area contributed by atoms with Crippen LogP contribution in [0.15, 0.2) is 83.2 Å². The summed E-state index contributed by atoms with van der Waals surface area (Å²) in [6.07, 6.45) is 0. The van der Waals surface area contributed by atoms with Gasteiger partial charge in [-0.1, -0.05) is 54.2 Å². The number of amides is 1. The van der Waals surface area contributed by atoms with Crippen LogP contribution in [0.3, 0.4) is 0 Å². The molecule has 4 nitrogen and oxygen atoms in total. The van der Waals surface area contributed by atoms with Crippen molar-refractivity contribution < 1.29 is 9.53 Å². The van der Waals surface area contributed by atoms with Crippen LogP contribution in [-0.4, -0.2) is 16.6 Å². The number of hydrogen-bond acceptors (Lipinski definition) is 5. The number of carbonyl (C=O) groups is 1. The van der Waals surface area contributed by atoms with Crippen molar-refractivity contribution in [2.75, 3.05) is 11.1 Å². The average molecular weight is 393 g/mol. The molecule has 0 fully saturated rings. The minimum Gasteiger partial charge on any atom is -0.455 e. The highest BCUT2D eigenvalue weighted by atomic mass is 32.2. The van der Waals surface area contributed by atoms with Crippen LogP contribution in [0.2, 0.25) is 0 Å². The zero-order valence-corrected chi connectivity index (χ0v) is 15.9. The smallest absolute Gasteiger partial charge is 0.234 e. The largest absolute Gasteiger partial charge is 0.455 e. The Hall–Kier alpha value is -2.83. The number of hydrogen-bond donors (Lipinski definition) is 1. The molecular weight excluding hydrogens is 376 g/mol. The standard InChI is InChI=1S/C21H16N2O2S2/c24-20(14-26-21-23-17-11-5-7-13-19(17)27-21)22-16-10-4-6-12-18(16)25-15-8-2-1-3-9-15/h1-13H,14H2,(H,22,24). The summed E-state index contributed by atoms with van der Waals surface area (Å²) in [7, 11) is 0. The van der Waals surface area contributed by atoms with Crippen LogP contribution in [-0.2, 0) is 4.79 Å². The van der Waals surface area contributed by atoms with E-state index < -0.39 is 0 Å². The molecule has 4 aromatic rings. The van der Waals surface area contributed by atoms with Crippen molar-refractivity contribution in [2.45, 2.75) is 4.34 Å². The fourth-order valence-electron chi connectivity index (χ4n) is 2.50. The monoisotopic (exact) mass is 392 g/mol. The molecule has 0 atom stereocenters. The molecule has 1 amide bonds. The lowest BCUT2D eigenvalue weighted by Gasteiger charge is -2.11. The van der Waals surface area contributed by atoms with Crippen LogP contribution >= 0.6 is 23.1 Å². The zero-order valence-electron chi connectivity index (χ0n) is 14.3. The Balaban J connectivity index is 1.40. The highest BCUT2D eigenvalue weighted by Crippen LogP contribution is 2.31. The van der Waals surface area contributed by atoms with Crippen LogP contribution in [0.4, 0.5) is 5.69 Å². The summed E-state index contributed by atoms with van der Waals surface area (Å²) in [5.74, 6) is 1.54. The number of nitrogens with zero attached hydrogens (tertiary/aromatic N) is 1. The first-order valence-electron chi connectivity index (χ1n) is 8.38. The molecule has 134 valence electrons. The fraction of sp³-hybridized carbons (Fsp3) is 0.0476. The molecule has 0 radical (unpaired) electrons. The van der Waals surface area contributed by atoms with Crippen molar-refractivity contribution in [3.05, 3.63) is 78.9 Å². The summed E-state index contributed by atoms with van der Waals surface area (Å²) >= 11 is 3.04. The average Bonchev–Trinajstić information content (AvgIpc) is 3.12. The van der Waals surface area contributed by atoms with Crippen LogP contribution in [0.1, 0.15) is 0 Å². The maximum Gasteiger partial charge on any atom is 0.234 e. The zero-order chi connectivity index (χ0) is 18.5. The molecule has 1 aromatic heterocycles. The summed E-state index contributed by atoms with van der Waals surface area (Å²) in [5.41, 5.74) is 1.61. The maximum absolute atomic E-state index is 12.4. The number of nitrogens with one attached hydrogen (secondary N) is 1. The Morgan fingerprint density at radius 3 is 2.56 bits per heavy atom. The Kier molecular flexibility index (Phi) is 5.37. The highest BCUT2D eigenvalue weighted by Gasteiger charge is 2.11. The van der Waals surface area contributed by atoms with Crippen molar-refractivity contribution in [3.8, 4) is 11.5 Å². The molecular formula is C21H16N2O2S2. The number of ether oxygens (including phenoxy) is 1. The van der Waals surface area contributed by atoms with Crippen LogP contribution in [0.5, 0.6) is 11.5 Å². The van der Waals surface area contributed by atoms with Crippen molar-refractivity contribution in [1.82, 2.24) is 4.98 Å². The minimum absolute atomic E-state index is 0.0941. The predicted octanol–water partition coefficient (Wildman–Crippen LogP) is 5.82. The number of rotatable bonds is 6. The first-order valence-corrected chi connectivity index (χ1v) is 10.2. The van der Waals surface area contributed by atoms with Crippen LogP contribution in [0, 0.1) is 0 Å². The molecule has 1 heterocycles. The van der Waals surface area contributed by atoms with Gasteiger partial charge >= 0.3 is 0 Å². The van der Waals surface area contributed by atoms with Gasteiger partial charge in [0.15, 0.2) is 10.1 Å². The molecule has 0 saturated heterocycles. The Bertz CT molecular complexity index is 1030. The molecule has 4 rings (SSSR count). The van der Waals surface area contributed by atoms with E-state index in [0.717, 1.165) is 20.3 Å². The van der Waals surface area contributed by atoms with Gasteiger partial charge < -0.3 is 10.1 Å². The third-order valence-electron chi connectivity index (χ3n) is 3.73. The van der Waals surface area contributed by atoms with Crippen molar-refractivity contribution in [3.63, 3.8) is 0 Å². The normalized spacial score (nSPS) is 10.7. The summed E-state index contributed by atoms with van der Waals surface area (Å²) in [6, 6.07) is 24.9. The molecule has 0 aliphatic carbocycles. The highest BCUT2D eigenvalue weighted by molar-refractivity contribution is 8.01. The Morgan fingerprint density at radius 1 is 0.963 bits per heavy atom. The number of carbonyl (C=O) groups excluding carboxylic acids is 1. The fourth-order valence-corrected chi connectivity index (χ4v) is 4.37. The third kappa shape index (κ3) is 4.48. The molecule has 0 bridgehead atoms. The van der Waals surface area contributed by atoms with Gasteiger partial charge in [0.25, 0.3) is 0 Å². The molecule has 0 aliphatic rings. The van der Waals surface area contributed by atoms with Crippen LogP contribution < -0.4 is 10.1 Å². The molecule has 0 saturated carbocycles. The van der Waals surface area contributed by atoms with Gasteiger partial charge in [0.1, 0.15) is 5.75 Å². The third-order valence-corrected chi connectivity index (χ3v) is 5.91. The van der Waals surface area contributed by atoms with Crippen molar-refractivity contribution in [1.29, 1.82) is 0 Å². The minimum atomic E-state index is -0.0941. The molecule has 1 N–H and O–H groups in total. The van der Waals surface area contributed by atoms with E-state index in [1.165, 1.54) is 11.8 Å². The van der Waals surface area contributed by atoms with Gasteiger partial charge in [0.2, 0.25) is 5.91 Å². The predicted molar refractivity (Wildman–Crippen MR) is 112 cm³/mol. The summed E-state index contributed by atoms with van der Waals surface area (Å²) in [6.45, 7) is 0. The molecule has 3 aromatic carbocycles. The van der Waals surface area contributed by atoms with Gasteiger partial charge in [0, 0.05) is 0 Å². The lowest BCUT2D eigenvalue weighted by Crippen LogP contribution is -2.14. The van der Waals surface area contributed by atoms with E-state index in [9.17, 15) is 4.79 Å². The van der Waals surface area contributed by atoms with E-state index in [-0.39, 0.29) is 5.91 Å². The van der Waals surface area contributed by atoms with Gasteiger partial charge in [-0.2, -0.15) is 0 Å². The second-order valence-corrected chi connectivity index (χ2v) is 7.95. The molecule has 0 aliphatic heterocycles. The second kappa shape index (κ2) is 8.24. The van der Waals surface area contributed by atoms with E-state index in [0.29, 0.717) is 17.2 Å². The number of benzene rings is 3. The molecule has 6 heteroatoms. The Labute approximate surface area is 165 Å². The lowest BCUT2D eigenvalue weighted by molar-refractivity contribution is -0.113. The van der Waals surface area contributed by atoms with E-state index in [4.69, 9.17) is 4.74 Å². The number of anilines is 1. The molecule has 0 spiro atoms. The second-order valence-electron chi connectivity index (χ2n) is 5.70. The molecule has 0 unspecified atom stereocenters. The first-order chi connectivity index (χ1) is 13.3. The SMILES string of the molecule is O=C(CSc1nc2ccccc2s1)Nc1ccccc1Oc1ccccc1. The first kappa shape index (κ1) is 17.6.